The predicted molar refractivity (Wildman–Crippen MR) is 120 cm³/mol. The third-order valence-electron chi connectivity index (χ3n) is 7.40. The third-order valence-corrected chi connectivity index (χ3v) is 8.45. The van der Waals surface area contributed by atoms with E-state index in [1.54, 1.807) is 6.07 Å². The van der Waals surface area contributed by atoms with E-state index in [0.717, 1.165) is 81.2 Å². The van der Waals surface area contributed by atoms with Crippen LogP contribution in [0.3, 0.4) is 0 Å². The van der Waals surface area contributed by atoms with Gasteiger partial charge in [-0.25, -0.2) is 9.97 Å². The number of fused-ring (bicyclic) bond motifs is 1. The van der Waals surface area contributed by atoms with Gasteiger partial charge in [-0.1, -0.05) is 13.8 Å². The van der Waals surface area contributed by atoms with Crippen LogP contribution in [-0.4, -0.2) is 66.5 Å². The average Bonchev–Trinajstić information content (AvgIpc) is 3.31. The van der Waals surface area contributed by atoms with Gasteiger partial charge in [0.25, 0.3) is 0 Å². The van der Waals surface area contributed by atoms with Crippen molar-refractivity contribution in [3.05, 3.63) is 17.3 Å². The van der Waals surface area contributed by atoms with Crippen molar-refractivity contribution in [2.75, 3.05) is 44.3 Å². The van der Waals surface area contributed by atoms with E-state index in [4.69, 9.17) is 4.74 Å². The molecule has 1 spiro atoms. The van der Waals surface area contributed by atoms with Crippen molar-refractivity contribution in [3.63, 3.8) is 0 Å². The standard InChI is InChI=1S/C23H31F3N4OS/c1-15(2)19(16-3-7-31-8-4-16)30-12-22(13-30)5-6-29(11-22)20-18-9-17(10-23(24,25)26)32-21(18)28-14-27-20/h9,14-16,19H,3-8,10-13H2,1-2H3. The maximum atomic E-state index is 12.9. The molecule has 3 saturated heterocycles. The van der Waals surface area contributed by atoms with Crippen LogP contribution in [0.25, 0.3) is 10.2 Å². The molecule has 2 aromatic rings. The van der Waals surface area contributed by atoms with Crippen LogP contribution in [0, 0.1) is 17.3 Å². The van der Waals surface area contributed by atoms with E-state index in [1.807, 2.05) is 0 Å². The van der Waals surface area contributed by atoms with Crippen molar-refractivity contribution in [2.45, 2.75) is 51.7 Å². The fourth-order valence-corrected chi connectivity index (χ4v) is 7.17. The number of anilines is 1. The molecule has 176 valence electrons. The molecule has 0 radical (unpaired) electrons. The summed E-state index contributed by atoms with van der Waals surface area (Å²) in [7, 11) is 0. The number of hydrogen-bond acceptors (Lipinski definition) is 6. The zero-order valence-corrected chi connectivity index (χ0v) is 19.5. The van der Waals surface area contributed by atoms with Crippen LogP contribution in [-0.2, 0) is 11.2 Å². The summed E-state index contributed by atoms with van der Waals surface area (Å²) in [5.41, 5.74) is 0.264. The molecule has 2 aromatic heterocycles. The summed E-state index contributed by atoms with van der Waals surface area (Å²) in [5, 5.41) is 0.757. The van der Waals surface area contributed by atoms with Crippen molar-refractivity contribution in [2.24, 2.45) is 17.3 Å². The van der Waals surface area contributed by atoms with Crippen LogP contribution in [0.4, 0.5) is 19.0 Å². The van der Waals surface area contributed by atoms with E-state index in [2.05, 4.69) is 33.6 Å². The molecule has 3 fully saturated rings. The van der Waals surface area contributed by atoms with Gasteiger partial charge in [-0.2, -0.15) is 13.2 Å². The summed E-state index contributed by atoms with van der Waals surface area (Å²) in [6.45, 7) is 10.4. The van der Waals surface area contributed by atoms with Gasteiger partial charge in [0.1, 0.15) is 17.0 Å². The molecule has 0 bridgehead atoms. The minimum Gasteiger partial charge on any atom is -0.381 e. The molecule has 5 nitrogen and oxygen atoms in total. The fourth-order valence-electron chi connectivity index (χ4n) is 6.15. The second-order valence-corrected chi connectivity index (χ2v) is 11.3. The van der Waals surface area contributed by atoms with Crippen LogP contribution in [0.2, 0.25) is 0 Å². The molecule has 1 atom stereocenters. The zero-order chi connectivity index (χ0) is 22.5. The first-order valence-electron chi connectivity index (χ1n) is 11.6. The Bertz CT molecular complexity index is 950. The first kappa shape index (κ1) is 22.3. The van der Waals surface area contributed by atoms with Gasteiger partial charge in [-0.3, -0.25) is 4.90 Å². The number of likely N-dealkylation sites (tertiary alicyclic amines) is 1. The Balaban J connectivity index is 1.28. The maximum absolute atomic E-state index is 12.9. The van der Waals surface area contributed by atoms with Crippen molar-refractivity contribution < 1.29 is 17.9 Å². The molecule has 1 unspecified atom stereocenters. The Morgan fingerprint density at radius 3 is 2.62 bits per heavy atom. The molecule has 0 amide bonds. The molecular formula is C23H31F3N4OS. The van der Waals surface area contributed by atoms with Crippen molar-refractivity contribution >= 4 is 27.4 Å². The molecule has 0 aromatic carbocycles. The SMILES string of the molecule is CC(C)C(C1CCOCC1)N1CC2(CCN(c3ncnc4sc(CC(F)(F)F)cc34)C2)C1. The highest BCUT2D eigenvalue weighted by Crippen LogP contribution is 2.45. The first-order chi connectivity index (χ1) is 15.2. The molecule has 32 heavy (non-hydrogen) atoms. The van der Waals surface area contributed by atoms with Gasteiger partial charge in [0, 0.05) is 55.7 Å². The average molecular weight is 469 g/mol. The molecule has 0 N–H and O–H groups in total. The van der Waals surface area contributed by atoms with Gasteiger partial charge in [-0.15, -0.1) is 11.3 Å². The third kappa shape index (κ3) is 4.35. The van der Waals surface area contributed by atoms with E-state index in [9.17, 15) is 13.2 Å². The molecule has 0 saturated carbocycles. The predicted octanol–water partition coefficient (Wildman–Crippen LogP) is 4.76. The van der Waals surface area contributed by atoms with E-state index in [1.165, 1.54) is 6.33 Å². The summed E-state index contributed by atoms with van der Waals surface area (Å²) in [4.78, 5) is 14.6. The lowest BCUT2D eigenvalue weighted by Gasteiger charge is -2.55. The Labute approximate surface area is 191 Å². The van der Waals surface area contributed by atoms with Crippen LogP contribution in [0.1, 0.15) is 38.0 Å². The van der Waals surface area contributed by atoms with Crippen LogP contribution < -0.4 is 4.90 Å². The zero-order valence-electron chi connectivity index (χ0n) is 18.7. The Hall–Kier alpha value is -1.45. The van der Waals surface area contributed by atoms with E-state index < -0.39 is 12.6 Å². The first-order valence-corrected chi connectivity index (χ1v) is 12.4. The summed E-state index contributed by atoms with van der Waals surface area (Å²) in [6.07, 6.45) is -0.226. The summed E-state index contributed by atoms with van der Waals surface area (Å²) in [5.74, 6) is 2.12. The van der Waals surface area contributed by atoms with Crippen molar-refractivity contribution in [1.82, 2.24) is 14.9 Å². The quantitative estimate of drug-likeness (QED) is 0.633. The number of aromatic nitrogens is 2. The molecule has 0 aliphatic carbocycles. The molecule has 3 aliphatic rings. The number of alkyl halides is 3. The van der Waals surface area contributed by atoms with E-state index in [0.29, 0.717) is 27.6 Å². The Morgan fingerprint density at radius 2 is 1.94 bits per heavy atom. The summed E-state index contributed by atoms with van der Waals surface area (Å²) in [6, 6.07) is 2.24. The highest BCUT2D eigenvalue weighted by atomic mass is 32.1. The largest absolute Gasteiger partial charge is 0.393 e. The van der Waals surface area contributed by atoms with Crippen molar-refractivity contribution in [1.29, 1.82) is 0 Å². The Kier molecular flexibility index (Phi) is 5.87. The van der Waals surface area contributed by atoms with Gasteiger partial charge in [0.15, 0.2) is 0 Å². The smallest absolute Gasteiger partial charge is 0.381 e. The van der Waals surface area contributed by atoms with Crippen LogP contribution in [0.5, 0.6) is 0 Å². The lowest BCUT2D eigenvalue weighted by atomic mass is 9.74. The highest BCUT2D eigenvalue weighted by molar-refractivity contribution is 7.18. The number of halogens is 3. The summed E-state index contributed by atoms with van der Waals surface area (Å²) < 4.78 is 44.2. The van der Waals surface area contributed by atoms with Gasteiger partial charge in [0.2, 0.25) is 0 Å². The van der Waals surface area contributed by atoms with Crippen molar-refractivity contribution in [3.8, 4) is 0 Å². The van der Waals surface area contributed by atoms with Gasteiger partial charge in [0.05, 0.1) is 11.8 Å². The van der Waals surface area contributed by atoms with E-state index in [-0.39, 0.29) is 5.41 Å². The maximum Gasteiger partial charge on any atom is 0.393 e. The molecule has 5 rings (SSSR count). The molecule has 5 heterocycles. The minimum atomic E-state index is -4.21. The van der Waals surface area contributed by atoms with Gasteiger partial charge in [-0.05, 0) is 37.2 Å². The highest BCUT2D eigenvalue weighted by Gasteiger charge is 2.51. The lowest BCUT2D eigenvalue weighted by molar-refractivity contribution is -0.126. The minimum absolute atomic E-state index is 0.264. The Morgan fingerprint density at radius 1 is 1.19 bits per heavy atom. The normalized spacial score (nSPS) is 23.4. The van der Waals surface area contributed by atoms with Crippen LogP contribution >= 0.6 is 11.3 Å². The monoisotopic (exact) mass is 468 g/mol. The topological polar surface area (TPSA) is 41.5 Å². The molecule has 9 heteroatoms. The number of hydrogen-bond donors (Lipinski definition) is 0. The lowest BCUT2D eigenvalue weighted by Crippen LogP contribution is -2.63. The second kappa shape index (κ2) is 8.40. The summed E-state index contributed by atoms with van der Waals surface area (Å²) >= 11 is 1.12. The molecular weight excluding hydrogens is 437 g/mol. The number of ether oxygens (including phenoxy) is 1. The number of thiophene rings is 1. The van der Waals surface area contributed by atoms with Crippen LogP contribution in [0.15, 0.2) is 12.4 Å². The number of nitrogens with zero attached hydrogens (tertiary/aromatic N) is 4. The second-order valence-electron chi connectivity index (χ2n) is 10.2. The number of rotatable bonds is 5. The fraction of sp³-hybridized carbons (Fsp3) is 0.739. The molecule has 3 aliphatic heterocycles. The van der Waals surface area contributed by atoms with Gasteiger partial charge < -0.3 is 9.64 Å². The van der Waals surface area contributed by atoms with E-state index >= 15 is 0 Å². The van der Waals surface area contributed by atoms with Gasteiger partial charge >= 0.3 is 6.18 Å².